The molecule has 1 aromatic carbocycles. The summed E-state index contributed by atoms with van der Waals surface area (Å²) in [6, 6.07) is 10.3. The van der Waals surface area contributed by atoms with Crippen LogP contribution in [0.25, 0.3) is 11.3 Å². The van der Waals surface area contributed by atoms with Gasteiger partial charge in [-0.05, 0) is 18.5 Å². The number of likely N-dealkylation sites (N-methyl/N-ethyl adjacent to an activating group) is 1. The Morgan fingerprint density at radius 2 is 1.94 bits per heavy atom. The SMILES string of the molecule is CNCC(c1ncc(-c2ccccc2)[nH]1)C(C)C. The summed E-state index contributed by atoms with van der Waals surface area (Å²) in [5.74, 6) is 2.05. The first-order valence-electron chi connectivity index (χ1n) is 6.47. The number of benzene rings is 1. The van der Waals surface area contributed by atoms with Gasteiger partial charge < -0.3 is 10.3 Å². The molecule has 0 saturated carbocycles. The second-order valence-electron chi connectivity index (χ2n) is 4.96. The van der Waals surface area contributed by atoms with E-state index in [4.69, 9.17) is 0 Å². The summed E-state index contributed by atoms with van der Waals surface area (Å²) in [4.78, 5) is 7.98. The molecule has 0 aliphatic rings. The van der Waals surface area contributed by atoms with Crippen LogP contribution in [0.15, 0.2) is 36.5 Å². The maximum absolute atomic E-state index is 4.54. The molecule has 18 heavy (non-hydrogen) atoms. The van der Waals surface area contributed by atoms with Gasteiger partial charge in [0.2, 0.25) is 0 Å². The molecule has 0 bridgehead atoms. The Morgan fingerprint density at radius 3 is 2.56 bits per heavy atom. The van der Waals surface area contributed by atoms with Crippen molar-refractivity contribution in [3.8, 4) is 11.3 Å². The van der Waals surface area contributed by atoms with E-state index in [2.05, 4.69) is 41.3 Å². The molecule has 3 nitrogen and oxygen atoms in total. The van der Waals surface area contributed by atoms with Gasteiger partial charge in [-0.1, -0.05) is 44.2 Å². The Bertz CT molecular complexity index is 473. The Morgan fingerprint density at radius 1 is 1.22 bits per heavy atom. The summed E-state index contributed by atoms with van der Waals surface area (Å²) in [6.07, 6.45) is 1.93. The van der Waals surface area contributed by atoms with Crippen molar-refractivity contribution in [1.29, 1.82) is 0 Å². The van der Waals surface area contributed by atoms with Gasteiger partial charge in [0.1, 0.15) is 5.82 Å². The first kappa shape index (κ1) is 12.8. The molecule has 96 valence electrons. The van der Waals surface area contributed by atoms with Crippen LogP contribution in [0.3, 0.4) is 0 Å². The van der Waals surface area contributed by atoms with Crippen LogP contribution < -0.4 is 5.32 Å². The monoisotopic (exact) mass is 243 g/mol. The van der Waals surface area contributed by atoms with Gasteiger partial charge in [-0.2, -0.15) is 0 Å². The lowest BCUT2D eigenvalue weighted by molar-refractivity contribution is 0.461. The molecule has 1 atom stereocenters. The Hall–Kier alpha value is -1.61. The summed E-state index contributed by atoms with van der Waals surface area (Å²) in [5, 5.41) is 3.24. The van der Waals surface area contributed by atoms with E-state index in [1.54, 1.807) is 0 Å². The highest BCUT2D eigenvalue weighted by Crippen LogP contribution is 2.24. The molecule has 2 aromatic rings. The fourth-order valence-electron chi connectivity index (χ4n) is 2.16. The number of hydrogen-bond acceptors (Lipinski definition) is 2. The second-order valence-corrected chi connectivity index (χ2v) is 4.96. The van der Waals surface area contributed by atoms with Crippen LogP contribution in [0.1, 0.15) is 25.6 Å². The molecular weight excluding hydrogens is 222 g/mol. The molecular formula is C15H21N3. The molecule has 3 heteroatoms. The van der Waals surface area contributed by atoms with E-state index in [1.807, 2.05) is 31.4 Å². The van der Waals surface area contributed by atoms with Crippen LogP contribution in [-0.2, 0) is 0 Å². The molecule has 0 radical (unpaired) electrons. The number of nitrogens with zero attached hydrogens (tertiary/aromatic N) is 1. The van der Waals surface area contributed by atoms with Crippen molar-refractivity contribution in [3.63, 3.8) is 0 Å². The van der Waals surface area contributed by atoms with E-state index in [1.165, 1.54) is 5.56 Å². The van der Waals surface area contributed by atoms with Gasteiger partial charge in [-0.3, -0.25) is 0 Å². The van der Waals surface area contributed by atoms with Gasteiger partial charge in [0.25, 0.3) is 0 Å². The number of H-pyrrole nitrogens is 1. The highest BCUT2D eigenvalue weighted by Gasteiger charge is 2.18. The molecule has 0 fully saturated rings. The third kappa shape index (κ3) is 2.79. The van der Waals surface area contributed by atoms with Crippen LogP contribution in [0, 0.1) is 5.92 Å². The van der Waals surface area contributed by atoms with Crippen molar-refractivity contribution in [1.82, 2.24) is 15.3 Å². The van der Waals surface area contributed by atoms with Crippen LogP contribution >= 0.6 is 0 Å². The maximum atomic E-state index is 4.54. The van der Waals surface area contributed by atoms with Gasteiger partial charge in [-0.15, -0.1) is 0 Å². The highest BCUT2D eigenvalue weighted by molar-refractivity contribution is 5.58. The minimum atomic E-state index is 0.424. The Labute approximate surface area is 109 Å². The van der Waals surface area contributed by atoms with Crippen LogP contribution in [0.2, 0.25) is 0 Å². The molecule has 1 unspecified atom stereocenters. The van der Waals surface area contributed by atoms with Crippen molar-refractivity contribution < 1.29 is 0 Å². The van der Waals surface area contributed by atoms with E-state index in [9.17, 15) is 0 Å². The van der Waals surface area contributed by atoms with E-state index < -0.39 is 0 Å². The van der Waals surface area contributed by atoms with Crippen LogP contribution in [0.4, 0.5) is 0 Å². The first-order chi connectivity index (χ1) is 8.72. The van der Waals surface area contributed by atoms with Crippen LogP contribution in [0.5, 0.6) is 0 Å². The molecule has 1 aromatic heterocycles. The smallest absolute Gasteiger partial charge is 0.111 e. The third-order valence-corrected chi connectivity index (χ3v) is 3.26. The highest BCUT2D eigenvalue weighted by atomic mass is 14.9. The average molecular weight is 243 g/mol. The maximum Gasteiger partial charge on any atom is 0.111 e. The largest absolute Gasteiger partial charge is 0.342 e. The molecule has 0 amide bonds. The van der Waals surface area contributed by atoms with E-state index in [0.717, 1.165) is 18.1 Å². The molecule has 2 N–H and O–H groups in total. The molecule has 0 saturated heterocycles. The van der Waals surface area contributed by atoms with E-state index >= 15 is 0 Å². The standard InChI is InChI=1S/C15H21N3/c1-11(2)13(9-16-3)15-17-10-14(18-15)12-7-5-4-6-8-12/h4-8,10-11,13,16H,9H2,1-3H3,(H,17,18). The van der Waals surface area contributed by atoms with Crippen molar-refractivity contribution >= 4 is 0 Å². The number of rotatable bonds is 5. The van der Waals surface area contributed by atoms with Crippen LogP contribution in [-0.4, -0.2) is 23.6 Å². The zero-order chi connectivity index (χ0) is 13.0. The fraction of sp³-hybridized carbons (Fsp3) is 0.400. The fourth-order valence-corrected chi connectivity index (χ4v) is 2.16. The molecule has 0 spiro atoms. The molecule has 0 aliphatic heterocycles. The summed E-state index contributed by atoms with van der Waals surface area (Å²) in [6.45, 7) is 5.40. The molecule has 0 aliphatic carbocycles. The van der Waals surface area contributed by atoms with Crippen molar-refractivity contribution in [2.45, 2.75) is 19.8 Å². The minimum Gasteiger partial charge on any atom is -0.342 e. The lowest BCUT2D eigenvalue weighted by Gasteiger charge is -2.17. The lowest BCUT2D eigenvalue weighted by atomic mass is 9.95. The van der Waals surface area contributed by atoms with E-state index in [-0.39, 0.29) is 0 Å². The first-order valence-corrected chi connectivity index (χ1v) is 6.47. The number of aromatic nitrogens is 2. The zero-order valence-corrected chi connectivity index (χ0v) is 11.3. The third-order valence-electron chi connectivity index (χ3n) is 3.26. The molecule has 1 heterocycles. The average Bonchev–Trinajstić information content (AvgIpc) is 2.86. The second kappa shape index (κ2) is 5.83. The summed E-state index contributed by atoms with van der Waals surface area (Å²) >= 11 is 0. The van der Waals surface area contributed by atoms with Crippen molar-refractivity contribution in [3.05, 3.63) is 42.4 Å². The number of nitrogens with one attached hydrogen (secondary N) is 2. The number of aromatic amines is 1. The predicted molar refractivity (Wildman–Crippen MR) is 75.5 cm³/mol. The minimum absolute atomic E-state index is 0.424. The topological polar surface area (TPSA) is 40.7 Å². The summed E-state index contributed by atoms with van der Waals surface area (Å²) < 4.78 is 0. The van der Waals surface area contributed by atoms with Crippen molar-refractivity contribution in [2.24, 2.45) is 5.92 Å². The summed E-state index contributed by atoms with van der Waals surface area (Å²) in [7, 11) is 1.98. The number of imidazole rings is 1. The van der Waals surface area contributed by atoms with Gasteiger partial charge in [0, 0.05) is 12.5 Å². The summed E-state index contributed by atoms with van der Waals surface area (Å²) in [5.41, 5.74) is 2.27. The number of hydrogen-bond donors (Lipinski definition) is 2. The Balaban J connectivity index is 2.24. The van der Waals surface area contributed by atoms with Gasteiger partial charge >= 0.3 is 0 Å². The van der Waals surface area contributed by atoms with Crippen molar-refractivity contribution in [2.75, 3.05) is 13.6 Å². The predicted octanol–water partition coefficient (Wildman–Crippen LogP) is 3.04. The normalized spacial score (nSPS) is 12.9. The molecule has 2 rings (SSSR count). The van der Waals surface area contributed by atoms with E-state index in [0.29, 0.717) is 11.8 Å². The quantitative estimate of drug-likeness (QED) is 0.847. The van der Waals surface area contributed by atoms with Gasteiger partial charge in [0.15, 0.2) is 0 Å². The Kier molecular flexibility index (Phi) is 4.15. The lowest BCUT2D eigenvalue weighted by Crippen LogP contribution is -2.22. The van der Waals surface area contributed by atoms with Gasteiger partial charge in [-0.25, -0.2) is 4.98 Å². The van der Waals surface area contributed by atoms with Gasteiger partial charge in [0.05, 0.1) is 11.9 Å². The zero-order valence-electron chi connectivity index (χ0n) is 11.3.